The Morgan fingerprint density at radius 3 is 1.55 bits per heavy atom. The number of nitrogens with zero attached hydrogens (tertiary/aromatic N) is 5. The fourth-order valence-corrected chi connectivity index (χ4v) is 10.1. The monoisotopic (exact) mass is 845 g/mol. The maximum atomic E-state index is 7.24. The second kappa shape index (κ2) is 14.2. The predicted octanol–water partition coefficient (Wildman–Crippen LogP) is 15.4. The van der Waals surface area contributed by atoms with Crippen LogP contribution in [-0.4, -0.2) is 24.1 Å². The average Bonchev–Trinajstić information content (AvgIpc) is 4.17. The highest BCUT2D eigenvalue weighted by Gasteiger charge is 2.25. The van der Waals surface area contributed by atoms with Gasteiger partial charge in [0.1, 0.15) is 16.9 Å². The standard InChI is InChI=1S/C59H35N5O2/c1-4-17-36(18-5-1)51-35-38-21-14-28-46(54(38)65-51)58-60-57(37-19-6-2-7-20-37)61-59(62-58)47-29-15-26-44-45-27-16-32-50(56(45)66-55(44)47)64-49-31-13-11-25-41(49)43-34-33-42-40-24-10-12-30-48(40)63(52(42)53(43)64)39-22-8-3-9-23-39/h1-35H. The van der Waals surface area contributed by atoms with E-state index in [1.54, 1.807) is 0 Å². The molecule has 0 bridgehead atoms. The number of hydrogen-bond donors (Lipinski definition) is 0. The maximum Gasteiger partial charge on any atom is 0.167 e. The van der Waals surface area contributed by atoms with Gasteiger partial charge in [-0.25, -0.2) is 15.0 Å². The molecule has 0 radical (unpaired) electrons. The third kappa shape index (κ3) is 5.40. The van der Waals surface area contributed by atoms with Crippen LogP contribution in [0.4, 0.5) is 0 Å². The molecule has 0 unspecified atom stereocenters. The molecule has 5 aromatic heterocycles. The first kappa shape index (κ1) is 36.4. The van der Waals surface area contributed by atoms with E-state index in [9.17, 15) is 0 Å². The van der Waals surface area contributed by atoms with Crippen molar-refractivity contribution >= 4 is 76.5 Å². The zero-order valence-corrected chi connectivity index (χ0v) is 35.3. The van der Waals surface area contributed by atoms with Crippen LogP contribution in [0.1, 0.15) is 0 Å². The molecule has 0 aliphatic rings. The third-order valence-electron chi connectivity index (χ3n) is 13.0. The Hall–Kier alpha value is -9.07. The van der Waals surface area contributed by atoms with Crippen molar-refractivity contribution in [2.75, 3.05) is 0 Å². The number of rotatable bonds is 6. The lowest BCUT2D eigenvalue weighted by Gasteiger charge is -2.12. The summed E-state index contributed by atoms with van der Waals surface area (Å²) in [5.74, 6) is 2.35. The number of benzene rings is 9. The van der Waals surface area contributed by atoms with Crippen molar-refractivity contribution in [3.05, 3.63) is 212 Å². The predicted molar refractivity (Wildman–Crippen MR) is 267 cm³/mol. The first-order valence-corrected chi connectivity index (χ1v) is 22.1. The van der Waals surface area contributed by atoms with E-state index in [0.29, 0.717) is 28.6 Å². The summed E-state index contributed by atoms with van der Waals surface area (Å²) in [6, 6.07) is 73.7. The van der Waals surface area contributed by atoms with Crippen molar-refractivity contribution < 1.29 is 8.83 Å². The van der Waals surface area contributed by atoms with Gasteiger partial charge in [-0.2, -0.15) is 0 Å². The van der Waals surface area contributed by atoms with Crippen LogP contribution in [-0.2, 0) is 0 Å². The summed E-state index contributed by atoms with van der Waals surface area (Å²) in [4.78, 5) is 15.5. The molecule has 14 aromatic rings. The Morgan fingerprint density at radius 2 is 0.848 bits per heavy atom. The van der Waals surface area contributed by atoms with Crippen molar-refractivity contribution in [1.29, 1.82) is 0 Å². The van der Waals surface area contributed by atoms with Crippen LogP contribution in [0, 0.1) is 0 Å². The molecule has 14 rings (SSSR count). The van der Waals surface area contributed by atoms with Gasteiger partial charge >= 0.3 is 0 Å². The van der Waals surface area contributed by atoms with Crippen molar-refractivity contribution in [1.82, 2.24) is 24.1 Å². The van der Waals surface area contributed by atoms with Crippen LogP contribution >= 0.6 is 0 Å². The summed E-state index contributed by atoms with van der Waals surface area (Å²) in [7, 11) is 0. The van der Waals surface area contributed by atoms with E-state index in [1.165, 1.54) is 21.5 Å². The third-order valence-corrected chi connectivity index (χ3v) is 13.0. The van der Waals surface area contributed by atoms with Gasteiger partial charge in [-0.1, -0.05) is 164 Å². The van der Waals surface area contributed by atoms with E-state index in [4.69, 9.17) is 23.8 Å². The summed E-state index contributed by atoms with van der Waals surface area (Å²) in [5.41, 5.74) is 12.1. The molecule has 0 spiro atoms. The van der Waals surface area contributed by atoms with E-state index in [0.717, 1.165) is 83.2 Å². The topological polar surface area (TPSA) is 74.8 Å². The number of hydrogen-bond acceptors (Lipinski definition) is 5. The van der Waals surface area contributed by atoms with Crippen LogP contribution in [0.15, 0.2) is 221 Å². The Kier molecular flexibility index (Phi) is 7.85. The van der Waals surface area contributed by atoms with Gasteiger partial charge in [0.05, 0.1) is 38.9 Å². The largest absolute Gasteiger partial charge is 0.455 e. The summed E-state index contributed by atoms with van der Waals surface area (Å²) in [6.45, 7) is 0. The van der Waals surface area contributed by atoms with Gasteiger partial charge in [0.15, 0.2) is 23.1 Å². The molecular weight excluding hydrogens is 811 g/mol. The molecule has 9 aromatic carbocycles. The molecule has 5 heterocycles. The van der Waals surface area contributed by atoms with E-state index in [2.05, 4.69) is 155 Å². The average molecular weight is 846 g/mol. The molecule has 0 aliphatic carbocycles. The van der Waals surface area contributed by atoms with E-state index < -0.39 is 0 Å². The van der Waals surface area contributed by atoms with E-state index in [-0.39, 0.29) is 0 Å². The zero-order valence-electron chi connectivity index (χ0n) is 35.3. The second-order valence-corrected chi connectivity index (χ2v) is 16.7. The maximum absolute atomic E-state index is 7.24. The fourth-order valence-electron chi connectivity index (χ4n) is 10.1. The van der Waals surface area contributed by atoms with Crippen LogP contribution in [0.5, 0.6) is 0 Å². The van der Waals surface area contributed by atoms with Crippen molar-refractivity contribution in [3.63, 3.8) is 0 Å². The lowest BCUT2D eigenvalue weighted by molar-refractivity contribution is 0.632. The molecule has 0 saturated heterocycles. The minimum absolute atomic E-state index is 0.503. The molecule has 308 valence electrons. The highest BCUT2D eigenvalue weighted by atomic mass is 16.3. The Balaban J connectivity index is 1.03. The fraction of sp³-hybridized carbons (Fsp3) is 0. The highest BCUT2D eigenvalue weighted by molar-refractivity contribution is 6.24. The minimum Gasteiger partial charge on any atom is -0.455 e. The Labute approximate surface area is 377 Å². The summed E-state index contributed by atoms with van der Waals surface area (Å²) in [5, 5.41) is 7.66. The van der Waals surface area contributed by atoms with Gasteiger partial charge in [0.25, 0.3) is 0 Å². The molecule has 0 fully saturated rings. The van der Waals surface area contributed by atoms with E-state index in [1.807, 2.05) is 66.7 Å². The number of para-hydroxylation sites is 6. The van der Waals surface area contributed by atoms with Crippen molar-refractivity contribution in [2.45, 2.75) is 0 Å². The zero-order chi connectivity index (χ0) is 43.3. The minimum atomic E-state index is 0.503. The van der Waals surface area contributed by atoms with Gasteiger partial charge in [0, 0.05) is 54.5 Å². The number of aromatic nitrogens is 5. The molecule has 0 amide bonds. The van der Waals surface area contributed by atoms with Gasteiger partial charge < -0.3 is 18.0 Å². The molecule has 0 atom stereocenters. The van der Waals surface area contributed by atoms with Crippen LogP contribution in [0.2, 0.25) is 0 Å². The van der Waals surface area contributed by atoms with Gasteiger partial charge in [-0.05, 0) is 48.5 Å². The van der Waals surface area contributed by atoms with Gasteiger partial charge in [-0.15, -0.1) is 0 Å². The Morgan fingerprint density at radius 1 is 0.333 bits per heavy atom. The highest BCUT2D eigenvalue weighted by Crippen LogP contribution is 2.45. The van der Waals surface area contributed by atoms with Gasteiger partial charge in [0.2, 0.25) is 0 Å². The van der Waals surface area contributed by atoms with Crippen LogP contribution < -0.4 is 0 Å². The summed E-state index contributed by atoms with van der Waals surface area (Å²) in [6.07, 6.45) is 0. The van der Waals surface area contributed by atoms with Crippen molar-refractivity contribution in [2.24, 2.45) is 0 Å². The lowest BCUT2D eigenvalue weighted by atomic mass is 10.1. The smallest absolute Gasteiger partial charge is 0.167 e. The van der Waals surface area contributed by atoms with Gasteiger partial charge in [-0.3, -0.25) is 0 Å². The quantitative estimate of drug-likeness (QED) is 0.167. The SMILES string of the molecule is c1ccc(-c2nc(-c3cccc4cc(-c5ccccc5)oc34)nc(-c3cccc4c3oc3c(-n5c6ccccc6c6ccc7c8ccccc8n(-c8ccccc8)c7c65)cccc34)n2)cc1. The molecule has 7 nitrogen and oxygen atoms in total. The number of furan rings is 2. The molecule has 0 aliphatic heterocycles. The van der Waals surface area contributed by atoms with E-state index >= 15 is 0 Å². The number of fused-ring (bicyclic) bond motifs is 11. The molecule has 0 N–H and O–H groups in total. The molecular formula is C59H35N5O2. The summed E-state index contributed by atoms with van der Waals surface area (Å²) < 4.78 is 18.7. The van der Waals surface area contributed by atoms with Crippen LogP contribution in [0.25, 0.3) is 133 Å². The molecule has 0 saturated carbocycles. The molecule has 7 heteroatoms. The molecule has 66 heavy (non-hydrogen) atoms. The first-order valence-electron chi connectivity index (χ1n) is 22.1. The van der Waals surface area contributed by atoms with Crippen molar-refractivity contribution in [3.8, 4) is 56.9 Å². The second-order valence-electron chi connectivity index (χ2n) is 16.7. The van der Waals surface area contributed by atoms with Crippen LogP contribution in [0.3, 0.4) is 0 Å². The Bertz CT molecular complexity index is 4220. The normalized spacial score (nSPS) is 11.9. The summed E-state index contributed by atoms with van der Waals surface area (Å²) >= 11 is 0. The first-order chi connectivity index (χ1) is 32.7. The lowest BCUT2D eigenvalue weighted by Crippen LogP contribution is -2.00.